The number of amides is 1. The average molecular weight is 234 g/mol. The zero-order chi connectivity index (χ0) is 12.0. The van der Waals surface area contributed by atoms with Gasteiger partial charge in [0.15, 0.2) is 0 Å². The fourth-order valence-electron chi connectivity index (χ4n) is 2.69. The molecule has 1 aromatic heterocycles. The van der Waals surface area contributed by atoms with Crippen molar-refractivity contribution < 1.29 is 4.79 Å². The van der Waals surface area contributed by atoms with Gasteiger partial charge in [-0.05, 0) is 19.9 Å². The number of piperidine rings is 1. The van der Waals surface area contributed by atoms with Crippen LogP contribution in [-0.2, 0) is 11.8 Å². The first-order chi connectivity index (χ1) is 8.09. The second-order valence-electron chi connectivity index (χ2n) is 5.22. The first-order valence-electron chi connectivity index (χ1n) is 6.03. The van der Waals surface area contributed by atoms with E-state index in [-0.39, 0.29) is 5.91 Å². The summed E-state index contributed by atoms with van der Waals surface area (Å²) in [4.78, 5) is 14.5. The highest BCUT2D eigenvalue weighted by molar-refractivity contribution is 6.06. The molecular weight excluding hydrogens is 216 g/mol. The Morgan fingerprint density at radius 3 is 2.53 bits per heavy atom. The molecule has 2 aliphatic rings. The van der Waals surface area contributed by atoms with E-state index in [0.29, 0.717) is 0 Å². The Morgan fingerprint density at radius 2 is 1.82 bits per heavy atom. The van der Waals surface area contributed by atoms with Crippen LogP contribution in [0.1, 0.15) is 12.8 Å². The number of hydrogen-bond donors (Lipinski definition) is 2. The summed E-state index contributed by atoms with van der Waals surface area (Å²) >= 11 is 0. The van der Waals surface area contributed by atoms with E-state index in [1.54, 1.807) is 0 Å². The number of aromatic nitrogens is 1. The number of anilines is 2. The van der Waals surface area contributed by atoms with Gasteiger partial charge in [0.25, 0.3) is 0 Å². The Labute approximate surface area is 101 Å². The number of aryl methyl sites for hydroxylation is 1. The van der Waals surface area contributed by atoms with Crippen LogP contribution in [0.3, 0.4) is 0 Å². The molecule has 1 amide bonds. The molecule has 0 saturated carbocycles. The lowest BCUT2D eigenvalue weighted by atomic mass is 9.85. The fraction of sp³-hybridized carbons (Fsp3) is 0.583. The van der Waals surface area contributed by atoms with Gasteiger partial charge in [0.05, 0.1) is 11.4 Å². The van der Waals surface area contributed by atoms with Gasteiger partial charge in [-0.1, -0.05) is 0 Å². The highest BCUT2D eigenvalue weighted by Crippen LogP contribution is 2.36. The number of carbonyl (C=O) groups excluding carboxylic acids is 1. The van der Waals surface area contributed by atoms with E-state index in [4.69, 9.17) is 0 Å². The molecule has 1 spiro atoms. The lowest BCUT2D eigenvalue weighted by Gasteiger charge is -2.42. The van der Waals surface area contributed by atoms with Gasteiger partial charge in [0.2, 0.25) is 5.91 Å². The zero-order valence-electron chi connectivity index (χ0n) is 10.3. The summed E-state index contributed by atoms with van der Waals surface area (Å²) in [5.74, 6) is 0.115. The van der Waals surface area contributed by atoms with Crippen LogP contribution < -0.4 is 10.6 Å². The molecule has 0 aliphatic carbocycles. The van der Waals surface area contributed by atoms with Gasteiger partial charge in [-0.15, -0.1) is 0 Å². The van der Waals surface area contributed by atoms with Crippen molar-refractivity contribution in [2.45, 2.75) is 18.4 Å². The molecule has 3 heterocycles. The van der Waals surface area contributed by atoms with E-state index in [1.165, 1.54) is 0 Å². The normalized spacial score (nSPS) is 23.1. The monoisotopic (exact) mass is 234 g/mol. The summed E-state index contributed by atoms with van der Waals surface area (Å²) in [6, 6.07) is 0. The number of hydrogen-bond acceptors (Lipinski definition) is 3. The van der Waals surface area contributed by atoms with Crippen LogP contribution in [0.2, 0.25) is 0 Å². The van der Waals surface area contributed by atoms with Crippen LogP contribution in [0, 0.1) is 0 Å². The van der Waals surface area contributed by atoms with Crippen molar-refractivity contribution >= 4 is 17.3 Å². The molecule has 5 nitrogen and oxygen atoms in total. The van der Waals surface area contributed by atoms with E-state index in [9.17, 15) is 4.79 Å². The molecule has 17 heavy (non-hydrogen) atoms. The molecule has 5 heteroatoms. The summed E-state index contributed by atoms with van der Waals surface area (Å²) < 4.78 is 1.96. The molecular formula is C12H18N4O. The van der Waals surface area contributed by atoms with Crippen LogP contribution in [-0.4, -0.2) is 41.1 Å². The minimum atomic E-state index is -0.402. The Bertz CT molecular complexity index is 457. The van der Waals surface area contributed by atoms with E-state index in [2.05, 4.69) is 22.6 Å². The number of likely N-dealkylation sites (tertiary alicyclic amines) is 1. The number of carbonyl (C=O) groups is 1. The largest absolute Gasteiger partial charge is 0.368 e. The van der Waals surface area contributed by atoms with Gasteiger partial charge in [0, 0.05) is 32.5 Å². The van der Waals surface area contributed by atoms with Crippen LogP contribution >= 0.6 is 0 Å². The summed E-state index contributed by atoms with van der Waals surface area (Å²) in [7, 11) is 4.06. The molecule has 0 unspecified atom stereocenters. The minimum absolute atomic E-state index is 0.115. The highest BCUT2D eigenvalue weighted by Gasteiger charge is 2.44. The Morgan fingerprint density at radius 1 is 1.18 bits per heavy atom. The quantitative estimate of drug-likeness (QED) is 0.700. The summed E-state index contributed by atoms with van der Waals surface area (Å²) in [5.41, 5.74) is 1.53. The smallest absolute Gasteiger partial charge is 0.250 e. The SMILES string of the molecule is CN1CCC2(CC1)Nc1cn(C)cc1NC2=O. The van der Waals surface area contributed by atoms with Gasteiger partial charge >= 0.3 is 0 Å². The minimum Gasteiger partial charge on any atom is -0.368 e. The molecule has 0 radical (unpaired) electrons. The van der Waals surface area contributed by atoms with Crippen molar-refractivity contribution in [3.05, 3.63) is 12.4 Å². The number of rotatable bonds is 0. The Hall–Kier alpha value is -1.49. The van der Waals surface area contributed by atoms with E-state index < -0.39 is 5.54 Å². The number of nitrogens with one attached hydrogen (secondary N) is 2. The second-order valence-corrected chi connectivity index (χ2v) is 5.22. The maximum absolute atomic E-state index is 12.2. The third-order valence-corrected chi connectivity index (χ3v) is 3.85. The van der Waals surface area contributed by atoms with Crippen LogP contribution in [0.15, 0.2) is 12.4 Å². The molecule has 1 aromatic rings. The summed E-state index contributed by atoms with van der Waals surface area (Å²) in [6.45, 7) is 1.92. The second kappa shape index (κ2) is 3.50. The van der Waals surface area contributed by atoms with E-state index in [1.807, 2.05) is 24.0 Å². The maximum Gasteiger partial charge on any atom is 0.250 e. The number of fused-ring (bicyclic) bond motifs is 1. The summed E-state index contributed by atoms with van der Waals surface area (Å²) in [6.07, 6.45) is 5.68. The van der Waals surface area contributed by atoms with Crippen molar-refractivity contribution in [2.75, 3.05) is 30.8 Å². The first-order valence-corrected chi connectivity index (χ1v) is 6.03. The van der Waals surface area contributed by atoms with Gasteiger partial charge in [-0.3, -0.25) is 4.79 Å². The van der Waals surface area contributed by atoms with Crippen molar-refractivity contribution in [3.63, 3.8) is 0 Å². The maximum atomic E-state index is 12.2. The van der Waals surface area contributed by atoms with Crippen molar-refractivity contribution in [3.8, 4) is 0 Å². The lowest BCUT2D eigenvalue weighted by molar-refractivity contribution is -0.122. The molecule has 0 aromatic carbocycles. The predicted octanol–water partition coefficient (Wildman–Crippen LogP) is 0.853. The van der Waals surface area contributed by atoms with Crippen molar-refractivity contribution in [1.82, 2.24) is 9.47 Å². The van der Waals surface area contributed by atoms with Gasteiger partial charge < -0.3 is 20.1 Å². The van der Waals surface area contributed by atoms with Gasteiger partial charge in [0.1, 0.15) is 5.54 Å². The highest BCUT2D eigenvalue weighted by atomic mass is 16.2. The third-order valence-electron chi connectivity index (χ3n) is 3.85. The molecule has 1 saturated heterocycles. The van der Waals surface area contributed by atoms with E-state index >= 15 is 0 Å². The molecule has 2 aliphatic heterocycles. The Kier molecular flexibility index (Phi) is 2.19. The number of nitrogens with zero attached hydrogens (tertiary/aromatic N) is 2. The van der Waals surface area contributed by atoms with Crippen LogP contribution in [0.4, 0.5) is 11.4 Å². The molecule has 2 N–H and O–H groups in total. The third kappa shape index (κ3) is 1.61. The van der Waals surface area contributed by atoms with Crippen molar-refractivity contribution in [2.24, 2.45) is 7.05 Å². The lowest BCUT2D eigenvalue weighted by Crippen LogP contribution is -2.57. The average Bonchev–Trinajstić information content (AvgIpc) is 2.62. The zero-order valence-corrected chi connectivity index (χ0v) is 10.3. The molecule has 3 rings (SSSR count). The van der Waals surface area contributed by atoms with Crippen LogP contribution in [0.5, 0.6) is 0 Å². The first kappa shape index (κ1) is 10.7. The standard InChI is InChI=1S/C12H18N4O/c1-15-5-3-12(4-6-15)11(17)13-9-7-16(2)8-10(9)14-12/h7-8,14H,3-6H2,1-2H3,(H,13,17). The van der Waals surface area contributed by atoms with Crippen molar-refractivity contribution in [1.29, 1.82) is 0 Å². The van der Waals surface area contributed by atoms with Gasteiger partial charge in [-0.25, -0.2) is 0 Å². The topological polar surface area (TPSA) is 49.3 Å². The fourth-order valence-corrected chi connectivity index (χ4v) is 2.69. The van der Waals surface area contributed by atoms with Gasteiger partial charge in [-0.2, -0.15) is 0 Å². The molecule has 0 atom stereocenters. The molecule has 0 bridgehead atoms. The predicted molar refractivity (Wildman–Crippen MR) is 67.1 cm³/mol. The van der Waals surface area contributed by atoms with Crippen LogP contribution in [0.25, 0.3) is 0 Å². The van der Waals surface area contributed by atoms with E-state index in [0.717, 1.165) is 37.3 Å². The Balaban J connectivity index is 1.91. The summed E-state index contributed by atoms with van der Waals surface area (Å²) in [5, 5.41) is 6.46. The molecule has 92 valence electrons. The molecule has 1 fully saturated rings.